The van der Waals surface area contributed by atoms with Gasteiger partial charge in [0.15, 0.2) is 6.10 Å². The summed E-state index contributed by atoms with van der Waals surface area (Å²) in [6.45, 7) is 16.7. The van der Waals surface area contributed by atoms with Crippen LogP contribution in [0.5, 0.6) is 0 Å². The highest BCUT2D eigenvalue weighted by molar-refractivity contribution is 5.66. The second kappa shape index (κ2) is 11.9. The molecule has 2 saturated heterocycles. The van der Waals surface area contributed by atoms with Gasteiger partial charge in [-0.15, -0.1) is 0 Å². The van der Waals surface area contributed by atoms with Crippen LogP contribution in [0.25, 0.3) is 0 Å². The molecule has 5 nitrogen and oxygen atoms in total. The number of hydrogen-bond acceptors (Lipinski definition) is 4. The molecule has 1 N–H and O–H groups in total. The molecular formula is C34H57BrN2O3. The van der Waals surface area contributed by atoms with Crippen LogP contribution in [0, 0.1) is 34.5 Å². The van der Waals surface area contributed by atoms with Crippen molar-refractivity contribution in [3.05, 3.63) is 12.7 Å². The van der Waals surface area contributed by atoms with E-state index in [-0.39, 0.29) is 40.6 Å². The van der Waals surface area contributed by atoms with Gasteiger partial charge in [0.05, 0.1) is 25.7 Å². The quantitative estimate of drug-likeness (QED) is 0.292. The van der Waals surface area contributed by atoms with Gasteiger partial charge in [-0.2, -0.15) is 0 Å². The number of aliphatic hydroxyl groups is 1. The summed E-state index contributed by atoms with van der Waals surface area (Å²) in [4.78, 5) is 15.2. The minimum absolute atomic E-state index is 0. The SMILES string of the molecule is C=CC[N+]1([C@H]2CC3C4CC[C@H]5C[C@H](O)[C@@H](N6CCCCC6)C[C@]5(C)C4CC[C@]3(C)[C@@H]2OC(C)=O)CCCCC1.[Br-]. The Morgan fingerprint density at radius 1 is 1.00 bits per heavy atom. The van der Waals surface area contributed by atoms with E-state index in [1.54, 1.807) is 6.92 Å². The molecule has 6 fully saturated rings. The largest absolute Gasteiger partial charge is 1.00 e. The maximum Gasteiger partial charge on any atom is 0.303 e. The number of aliphatic hydroxyl groups excluding tert-OH is 1. The van der Waals surface area contributed by atoms with Gasteiger partial charge in [0, 0.05) is 24.8 Å². The van der Waals surface area contributed by atoms with Crippen LogP contribution in [0.4, 0.5) is 0 Å². The maximum absolute atomic E-state index is 12.6. The number of carbonyl (C=O) groups is 1. The molecule has 0 aromatic heterocycles. The summed E-state index contributed by atoms with van der Waals surface area (Å²) in [5, 5.41) is 11.3. The smallest absolute Gasteiger partial charge is 0.303 e. The van der Waals surface area contributed by atoms with Crippen molar-refractivity contribution in [3.8, 4) is 0 Å². The van der Waals surface area contributed by atoms with Gasteiger partial charge in [-0.25, -0.2) is 0 Å². The molecule has 6 heteroatoms. The van der Waals surface area contributed by atoms with Crippen molar-refractivity contribution >= 4 is 5.97 Å². The van der Waals surface area contributed by atoms with Gasteiger partial charge < -0.3 is 31.3 Å². The van der Waals surface area contributed by atoms with Crippen LogP contribution in [-0.4, -0.2) is 77.5 Å². The fourth-order valence-corrected chi connectivity index (χ4v) is 11.8. The molecule has 6 rings (SSSR count). The van der Waals surface area contributed by atoms with Crippen LogP contribution in [0.15, 0.2) is 12.7 Å². The Bertz CT molecular complexity index is 917. The van der Waals surface area contributed by atoms with Gasteiger partial charge in [0.1, 0.15) is 6.04 Å². The molecule has 4 aliphatic carbocycles. The van der Waals surface area contributed by atoms with Gasteiger partial charge in [-0.05, 0) is 119 Å². The molecular weight excluding hydrogens is 564 g/mol. The lowest BCUT2D eigenvalue weighted by Gasteiger charge is -2.62. The molecule has 0 aromatic carbocycles. The maximum atomic E-state index is 12.6. The zero-order chi connectivity index (χ0) is 27.4. The van der Waals surface area contributed by atoms with E-state index in [1.165, 1.54) is 103 Å². The van der Waals surface area contributed by atoms with Crippen LogP contribution in [0.2, 0.25) is 0 Å². The third-order valence-corrected chi connectivity index (χ3v) is 13.7. The monoisotopic (exact) mass is 620 g/mol. The van der Waals surface area contributed by atoms with E-state index in [4.69, 9.17) is 4.74 Å². The predicted molar refractivity (Wildman–Crippen MR) is 156 cm³/mol. The Labute approximate surface area is 254 Å². The van der Waals surface area contributed by atoms with Gasteiger partial charge in [0.2, 0.25) is 0 Å². The third kappa shape index (κ3) is 5.07. The average molecular weight is 622 g/mol. The number of nitrogens with zero attached hydrogens (tertiary/aromatic N) is 2. The number of rotatable bonds is 5. The number of hydrogen-bond donors (Lipinski definition) is 1. The first-order valence-electron chi connectivity index (χ1n) is 16.8. The third-order valence-electron chi connectivity index (χ3n) is 13.7. The Morgan fingerprint density at radius 2 is 1.70 bits per heavy atom. The second-order valence-electron chi connectivity index (χ2n) is 15.4. The predicted octanol–water partition coefficient (Wildman–Crippen LogP) is 2.96. The lowest BCUT2D eigenvalue weighted by Crippen LogP contribution is -3.00. The zero-order valence-electron chi connectivity index (χ0n) is 25.7. The van der Waals surface area contributed by atoms with Crippen LogP contribution < -0.4 is 17.0 Å². The molecule has 0 bridgehead atoms. The first kappa shape index (κ1) is 31.0. The number of ether oxygens (including phenoxy) is 1. The highest BCUT2D eigenvalue weighted by atomic mass is 79.9. The highest BCUT2D eigenvalue weighted by Gasteiger charge is 2.67. The van der Waals surface area contributed by atoms with E-state index >= 15 is 0 Å². The van der Waals surface area contributed by atoms with Gasteiger partial charge in [-0.1, -0.05) is 26.8 Å². The van der Waals surface area contributed by atoms with Crippen molar-refractivity contribution in [2.45, 2.75) is 129 Å². The molecule has 6 aliphatic rings. The molecule has 228 valence electrons. The van der Waals surface area contributed by atoms with Crippen molar-refractivity contribution in [3.63, 3.8) is 0 Å². The fraction of sp³-hybridized carbons (Fsp3) is 0.912. The van der Waals surface area contributed by atoms with Gasteiger partial charge >= 0.3 is 5.97 Å². The van der Waals surface area contributed by atoms with Crippen LogP contribution in [-0.2, 0) is 9.53 Å². The van der Waals surface area contributed by atoms with Crippen LogP contribution in [0.3, 0.4) is 0 Å². The summed E-state index contributed by atoms with van der Waals surface area (Å²) >= 11 is 0. The second-order valence-corrected chi connectivity index (χ2v) is 15.4. The summed E-state index contributed by atoms with van der Waals surface area (Å²) < 4.78 is 7.51. The van der Waals surface area contributed by atoms with Crippen molar-refractivity contribution < 1.29 is 36.1 Å². The van der Waals surface area contributed by atoms with Crippen molar-refractivity contribution in [2.75, 3.05) is 32.7 Å². The average Bonchev–Trinajstić information content (AvgIpc) is 3.22. The van der Waals surface area contributed by atoms with E-state index in [1.807, 2.05) is 0 Å². The molecule has 0 amide bonds. The number of halogens is 1. The van der Waals surface area contributed by atoms with Crippen LogP contribution >= 0.6 is 0 Å². The minimum Gasteiger partial charge on any atom is -1.00 e. The molecule has 3 unspecified atom stereocenters. The zero-order valence-corrected chi connectivity index (χ0v) is 27.3. The standard InChI is InChI=1S/C34H57N2O3.BrH/c1-5-18-36(19-10-7-11-20-36)30-22-28-26-13-12-25-21-31(38)29(35-16-8-6-9-17-35)23-34(25,4)27(26)14-15-33(28,3)32(30)39-24(2)37;/h5,25-32,38H,1,6-23H2,2-4H3;1H/q+1;/p-1/t25-,26?,27?,28?,29-,30-,31-,32+,33-,34-;/m0./s1. The number of esters is 1. The van der Waals surface area contributed by atoms with Gasteiger partial charge in [-0.3, -0.25) is 9.69 Å². The number of carbonyl (C=O) groups excluding carboxylic acids is 1. The van der Waals surface area contributed by atoms with Crippen LogP contribution in [0.1, 0.15) is 104 Å². The number of likely N-dealkylation sites (tertiary alicyclic amines) is 2. The first-order chi connectivity index (χ1) is 18.7. The van der Waals surface area contributed by atoms with E-state index in [0.717, 1.165) is 29.3 Å². The summed E-state index contributed by atoms with van der Waals surface area (Å²) in [6.07, 6.45) is 18.2. The Hall–Kier alpha value is -0.430. The highest BCUT2D eigenvalue weighted by Crippen LogP contribution is 2.67. The van der Waals surface area contributed by atoms with Crippen molar-refractivity contribution in [1.29, 1.82) is 0 Å². The number of fused-ring (bicyclic) bond motifs is 5. The summed E-state index contributed by atoms with van der Waals surface area (Å²) in [6, 6.07) is 0.749. The minimum atomic E-state index is -0.154. The number of piperidine rings is 2. The van der Waals surface area contributed by atoms with Crippen molar-refractivity contribution in [2.24, 2.45) is 34.5 Å². The Balaban J connectivity index is 0.00000323. The Morgan fingerprint density at radius 3 is 2.38 bits per heavy atom. The lowest BCUT2D eigenvalue weighted by atomic mass is 9.44. The Kier molecular flexibility index (Phi) is 9.24. The molecule has 2 aliphatic heterocycles. The first-order valence-corrected chi connectivity index (χ1v) is 16.8. The van der Waals surface area contributed by atoms with E-state index in [0.29, 0.717) is 29.3 Å². The van der Waals surface area contributed by atoms with E-state index in [2.05, 4.69) is 31.4 Å². The van der Waals surface area contributed by atoms with Crippen molar-refractivity contribution in [1.82, 2.24) is 4.90 Å². The topological polar surface area (TPSA) is 49.8 Å². The normalized spacial score (nSPS) is 46.7. The molecule has 0 aromatic rings. The molecule has 40 heavy (non-hydrogen) atoms. The molecule has 10 atom stereocenters. The van der Waals surface area contributed by atoms with E-state index < -0.39 is 0 Å². The lowest BCUT2D eigenvalue weighted by molar-refractivity contribution is -0.952. The summed E-state index contributed by atoms with van der Waals surface area (Å²) in [7, 11) is 0. The number of quaternary nitrogens is 1. The molecule has 2 heterocycles. The van der Waals surface area contributed by atoms with Gasteiger partial charge in [0.25, 0.3) is 0 Å². The molecule has 0 spiro atoms. The fourth-order valence-electron chi connectivity index (χ4n) is 11.8. The molecule has 4 saturated carbocycles. The molecule has 0 radical (unpaired) electrons. The summed E-state index contributed by atoms with van der Waals surface area (Å²) in [5.41, 5.74) is 0.393. The van der Waals surface area contributed by atoms with E-state index in [9.17, 15) is 9.90 Å². The summed E-state index contributed by atoms with van der Waals surface area (Å²) in [5.74, 6) is 2.65.